The molecule has 0 atom stereocenters. The number of alkyl halides is 3. The Bertz CT molecular complexity index is 1930. The van der Waals surface area contributed by atoms with Crippen LogP contribution < -0.4 is 9.80 Å². The molecular weight excluding hydrogens is 724 g/mol. The first-order valence-electron chi connectivity index (χ1n) is 18.2. The van der Waals surface area contributed by atoms with Gasteiger partial charge in [-0.3, -0.25) is 0 Å². The Kier molecular flexibility index (Phi) is 12.8. The Morgan fingerprint density at radius 1 is 0.811 bits per heavy atom. The largest absolute Gasteiger partial charge is 0.560 e. The second kappa shape index (κ2) is 16.6. The van der Waals surface area contributed by atoms with Crippen molar-refractivity contribution in [1.82, 2.24) is 0 Å². The molecule has 0 spiro atoms. The number of nitrogens with zero attached hydrogens (tertiary/aromatic N) is 3. The van der Waals surface area contributed by atoms with Crippen LogP contribution in [-0.4, -0.2) is 54.8 Å². The average molecular weight is 775 g/mol. The van der Waals surface area contributed by atoms with Gasteiger partial charge in [-0.2, -0.15) is 21.6 Å². The van der Waals surface area contributed by atoms with Crippen LogP contribution in [0.2, 0.25) is 0 Å². The summed E-state index contributed by atoms with van der Waals surface area (Å²) in [5.41, 5.74) is 1.32. The van der Waals surface area contributed by atoms with Gasteiger partial charge in [-0.15, -0.1) is 8.31 Å². The van der Waals surface area contributed by atoms with E-state index in [1.165, 1.54) is 5.56 Å². The third-order valence-corrected chi connectivity index (χ3v) is 12.7. The van der Waals surface area contributed by atoms with Gasteiger partial charge in [0.05, 0.1) is 0 Å². The van der Waals surface area contributed by atoms with E-state index in [4.69, 9.17) is 5.26 Å². The SMILES string of the molecule is CCCCCN1/C(=C/C=C2\CCC(=C/C=C3/N(CCCCSOOO)c4ccccc4C3(C)C)\C2=[N+](/C)S(=O)(=O)C(F)(F)F)C(C)(C)c2ccccc21. The van der Waals surface area contributed by atoms with Crippen LogP contribution in [0.25, 0.3) is 0 Å². The highest BCUT2D eigenvalue weighted by Crippen LogP contribution is 2.49. The van der Waals surface area contributed by atoms with E-state index in [1.54, 1.807) is 6.08 Å². The number of benzene rings is 2. The zero-order valence-corrected chi connectivity index (χ0v) is 33.0. The number of fused-ring (bicyclic) bond motifs is 2. The molecule has 13 heteroatoms. The van der Waals surface area contributed by atoms with E-state index in [0.29, 0.717) is 40.3 Å². The van der Waals surface area contributed by atoms with Gasteiger partial charge in [0.15, 0.2) is 7.05 Å². The molecule has 2 aromatic carbocycles. The summed E-state index contributed by atoms with van der Waals surface area (Å²) < 4.78 is 73.1. The van der Waals surface area contributed by atoms with Crippen molar-refractivity contribution in [3.05, 3.63) is 107 Å². The molecule has 0 unspecified atom stereocenters. The summed E-state index contributed by atoms with van der Waals surface area (Å²) in [4.78, 5) is 4.52. The van der Waals surface area contributed by atoms with Crippen molar-refractivity contribution in [2.75, 3.05) is 35.7 Å². The smallest absolute Gasteiger partial charge is 0.344 e. The van der Waals surface area contributed by atoms with Gasteiger partial charge < -0.3 is 9.80 Å². The summed E-state index contributed by atoms with van der Waals surface area (Å²) in [5, 5.41) is 12.1. The van der Waals surface area contributed by atoms with Crippen LogP contribution in [-0.2, 0) is 30.2 Å². The number of para-hydroxylation sites is 2. The van der Waals surface area contributed by atoms with E-state index in [2.05, 4.69) is 78.1 Å². The highest BCUT2D eigenvalue weighted by molar-refractivity contribution is 7.94. The lowest BCUT2D eigenvalue weighted by Gasteiger charge is -2.27. The lowest BCUT2D eigenvalue weighted by atomic mass is 9.83. The van der Waals surface area contributed by atoms with Crippen LogP contribution in [0.4, 0.5) is 24.5 Å². The van der Waals surface area contributed by atoms with E-state index >= 15 is 0 Å². The number of rotatable bonds is 14. The summed E-state index contributed by atoms with van der Waals surface area (Å²) in [7, 11) is -4.67. The average Bonchev–Trinajstić information content (AvgIpc) is 3.68. The molecule has 3 aliphatic rings. The van der Waals surface area contributed by atoms with E-state index in [-0.39, 0.29) is 11.1 Å². The summed E-state index contributed by atoms with van der Waals surface area (Å²) in [5.74, 6) is 0.603. The Morgan fingerprint density at radius 2 is 1.28 bits per heavy atom. The summed E-state index contributed by atoms with van der Waals surface area (Å²) >= 11 is 1.01. The maximum Gasteiger partial charge on any atom is 0.560 e. The van der Waals surface area contributed by atoms with E-state index in [9.17, 15) is 21.6 Å². The van der Waals surface area contributed by atoms with Gasteiger partial charge in [0, 0.05) is 75.6 Å². The standard InChI is InChI=1S/C40H50F3N3O5S2/c1-7-8-13-26-45-33-18-11-9-16-31(33)38(2,3)35(45)24-22-29-20-21-30(37(29)44(6)53(48,49)40(41,42)43)23-25-36-39(4,5)32-17-10-12-19-34(32)46(36)27-14-15-28-52-51-50-47/h9-12,16-19,22-25H,7-8,13-15,20-21,26-28H2,1-6H3/p+1. The number of sulfonamides is 1. The fourth-order valence-corrected chi connectivity index (χ4v) is 9.06. The molecule has 0 saturated heterocycles. The van der Waals surface area contributed by atoms with Crippen LogP contribution in [0.5, 0.6) is 0 Å². The molecule has 2 aromatic rings. The predicted molar refractivity (Wildman–Crippen MR) is 207 cm³/mol. The first kappa shape index (κ1) is 40.8. The fourth-order valence-electron chi connectivity index (χ4n) is 7.85. The molecule has 0 bridgehead atoms. The van der Waals surface area contributed by atoms with E-state index in [1.807, 2.05) is 42.5 Å². The molecule has 2 aliphatic heterocycles. The van der Waals surface area contributed by atoms with Crippen molar-refractivity contribution < 1.29 is 40.2 Å². The topological polar surface area (TPSA) is 82.3 Å². The minimum Gasteiger partial charge on any atom is -0.344 e. The molecule has 8 nitrogen and oxygen atoms in total. The molecule has 5 rings (SSSR count). The third-order valence-electron chi connectivity index (χ3n) is 10.6. The van der Waals surface area contributed by atoms with Gasteiger partial charge in [0.25, 0.3) is 0 Å². The Hall–Kier alpha value is -3.36. The van der Waals surface area contributed by atoms with Gasteiger partial charge in [0.1, 0.15) is 0 Å². The van der Waals surface area contributed by atoms with Crippen molar-refractivity contribution in [2.45, 2.75) is 95.9 Å². The predicted octanol–water partition coefficient (Wildman–Crippen LogP) is 9.97. The summed E-state index contributed by atoms with van der Waals surface area (Å²) in [6.07, 6.45) is 13.0. The van der Waals surface area contributed by atoms with E-state index in [0.717, 1.165) is 86.1 Å². The van der Waals surface area contributed by atoms with Crippen LogP contribution >= 0.6 is 12.0 Å². The number of allylic oxidation sites excluding steroid dienone is 8. The molecule has 1 fully saturated rings. The normalized spacial score (nSPS) is 22.1. The highest BCUT2D eigenvalue weighted by atomic mass is 32.2. The van der Waals surface area contributed by atoms with Gasteiger partial charge in [-0.1, -0.05) is 101 Å². The quantitative estimate of drug-likeness (QED) is 0.0668. The minimum atomic E-state index is -5.68. The van der Waals surface area contributed by atoms with Crippen LogP contribution in [0, 0.1) is 0 Å². The first-order valence-corrected chi connectivity index (χ1v) is 20.5. The number of unbranched alkanes of at least 4 members (excludes halogenated alkanes) is 3. The molecular formula is C40H51F3N3O5S2+. The zero-order chi connectivity index (χ0) is 38.6. The van der Waals surface area contributed by atoms with Gasteiger partial charge in [0.2, 0.25) is 5.71 Å². The van der Waals surface area contributed by atoms with Gasteiger partial charge in [-0.25, -0.2) is 5.26 Å². The monoisotopic (exact) mass is 774 g/mol. The van der Waals surface area contributed by atoms with Crippen molar-refractivity contribution in [3.8, 4) is 0 Å². The Balaban J connectivity index is 1.58. The molecule has 1 saturated carbocycles. The maximum absolute atomic E-state index is 14.1. The molecule has 288 valence electrons. The lowest BCUT2D eigenvalue weighted by Crippen LogP contribution is -2.35. The summed E-state index contributed by atoms with van der Waals surface area (Å²) in [6, 6.07) is 16.4. The van der Waals surface area contributed by atoms with Crippen molar-refractivity contribution in [2.24, 2.45) is 0 Å². The molecule has 1 aliphatic carbocycles. The number of hydrogen-bond donors (Lipinski definition) is 1. The van der Waals surface area contributed by atoms with Crippen LogP contribution in [0.3, 0.4) is 0 Å². The molecule has 0 amide bonds. The van der Waals surface area contributed by atoms with Crippen molar-refractivity contribution in [3.63, 3.8) is 0 Å². The second-order valence-corrected chi connectivity index (χ2v) is 17.5. The van der Waals surface area contributed by atoms with Crippen LogP contribution in [0.1, 0.15) is 90.7 Å². The van der Waals surface area contributed by atoms with Crippen LogP contribution in [0.15, 0.2) is 95.4 Å². The number of anilines is 2. The molecule has 1 N–H and O–H groups in total. The lowest BCUT2D eigenvalue weighted by molar-refractivity contribution is -0.432. The highest BCUT2D eigenvalue weighted by Gasteiger charge is 2.55. The number of hydrogen-bond acceptors (Lipinski definition) is 8. The minimum absolute atomic E-state index is 0.0601. The second-order valence-electron chi connectivity index (χ2n) is 14.7. The van der Waals surface area contributed by atoms with Crippen molar-refractivity contribution in [1.29, 1.82) is 0 Å². The Labute approximate surface area is 316 Å². The maximum atomic E-state index is 14.1. The fraction of sp³-hybridized carbons (Fsp3) is 0.475. The molecule has 0 radical (unpaired) electrons. The van der Waals surface area contributed by atoms with Gasteiger partial charge in [-0.05, 0) is 67.5 Å². The number of halogens is 3. The third kappa shape index (κ3) is 8.19. The summed E-state index contributed by atoms with van der Waals surface area (Å²) in [6.45, 7) is 12.2. The van der Waals surface area contributed by atoms with E-state index < -0.39 is 20.9 Å². The molecule has 0 aromatic heterocycles. The van der Waals surface area contributed by atoms with Crippen molar-refractivity contribution >= 4 is 39.2 Å². The molecule has 53 heavy (non-hydrogen) atoms. The Morgan fingerprint density at radius 3 is 1.74 bits per heavy atom. The first-order chi connectivity index (χ1) is 25.1. The zero-order valence-electron chi connectivity index (χ0n) is 31.4. The van der Waals surface area contributed by atoms with Gasteiger partial charge >= 0.3 is 15.5 Å². The molecule has 2 heterocycles.